The minimum absolute atomic E-state index is 0.118. The van der Waals surface area contributed by atoms with Crippen LogP contribution in [0.15, 0.2) is 64.6 Å². The van der Waals surface area contributed by atoms with Crippen LogP contribution in [0.2, 0.25) is 0 Å². The molecule has 0 unspecified atom stereocenters. The highest BCUT2D eigenvalue weighted by Gasteiger charge is 2.13. The Labute approximate surface area is 151 Å². The molecule has 2 aromatic rings. The van der Waals surface area contributed by atoms with Crippen molar-refractivity contribution in [1.82, 2.24) is 4.72 Å². The highest BCUT2D eigenvalue weighted by atomic mass is 32.2. The number of hydrogen-bond donors (Lipinski definition) is 4. The van der Waals surface area contributed by atoms with Gasteiger partial charge >= 0.3 is 0 Å². The Bertz CT molecular complexity index is 931. The second-order valence-electron chi connectivity index (χ2n) is 5.26. The molecule has 134 valence electrons. The van der Waals surface area contributed by atoms with E-state index in [0.29, 0.717) is 18.7 Å². The van der Waals surface area contributed by atoms with Gasteiger partial charge in [-0.05, 0) is 36.2 Å². The van der Waals surface area contributed by atoms with Crippen molar-refractivity contribution in [1.29, 1.82) is 10.7 Å². The molecule has 26 heavy (non-hydrogen) atoms. The Morgan fingerprint density at radius 1 is 1.15 bits per heavy atom. The van der Waals surface area contributed by atoms with Crippen LogP contribution in [-0.4, -0.2) is 26.5 Å². The van der Waals surface area contributed by atoms with E-state index in [9.17, 15) is 8.42 Å². The summed E-state index contributed by atoms with van der Waals surface area (Å²) in [7, 11) is -3.62. The van der Waals surface area contributed by atoms with E-state index in [1.807, 2.05) is 30.3 Å². The van der Waals surface area contributed by atoms with E-state index in [1.165, 1.54) is 24.3 Å². The summed E-state index contributed by atoms with van der Waals surface area (Å²) in [5, 5.41) is 19.6. The van der Waals surface area contributed by atoms with Crippen LogP contribution in [0.5, 0.6) is 0 Å². The lowest BCUT2D eigenvalue weighted by Crippen LogP contribution is -2.26. The van der Waals surface area contributed by atoms with Crippen LogP contribution < -0.4 is 15.9 Å². The minimum Gasteiger partial charge on any atom is -0.382 e. The topological polar surface area (TPSA) is 144 Å². The molecule has 2 aromatic carbocycles. The summed E-state index contributed by atoms with van der Waals surface area (Å²) in [6, 6.07) is 17.1. The molecule has 0 aliphatic rings. The Morgan fingerprint density at radius 2 is 1.81 bits per heavy atom. The molecule has 0 heterocycles. The predicted molar refractivity (Wildman–Crippen MR) is 100 cm³/mol. The molecule has 5 N–H and O–H groups in total. The van der Waals surface area contributed by atoms with Crippen LogP contribution in [0.3, 0.4) is 0 Å². The van der Waals surface area contributed by atoms with Gasteiger partial charge in [-0.2, -0.15) is 10.4 Å². The van der Waals surface area contributed by atoms with E-state index in [1.54, 1.807) is 6.07 Å². The number of nitriles is 1. The number of sulfonamides is 1. The molecular weight excluding hydrogens is 352 g/mol. The second-order valence-corrected chi connectivity index (χ2v) is 7.02. The summed E-state index contributed by atoms with van der Waals surface area (Å²) in [5.74, 6) is -0.457. The smallest absolute Gasteiger partial charge is 0.240 e. The minimum atomic E-state index is -3.62. The maximum Gasteiger partial charge on any atom is 0.240 e. The van der Waals surface area contributed by atoms with Crippen LogP contribution >= 0.6 is 0 Å². The Hall–Kier alpha value is -3.22. The first-order valence-electron chi connectivity index (χ1n) is 7.64. The fourth-order valence-corrected chi connectivity index (χ4v) is 3.06. The van der Waals surface area contributed by atoms with Crippen LogP contribution in [0.25, 0.3) is 0 Å². The van der Waals surface area contributed by atoms with E-state index in [-0.39, 0.29) is 10.6 Å². The molecule has 8 nitrogen and oxygen atoms in total. The SMILES string of the molecule is N#C/C(=N\Nc1ccc(S(=O)(=O)NCCc2ccccc2)cc1)C(=N)N. The number of amidine groups is 1. The van der Waals surface area contributed by atoms with Crippen molar-refractivity contribution >= 4 is 27.3 Å². The number of hydrazone groups is 1. The van der Waals surface area contributed by atoms with Gasteiger partial charge in [-0.3, -0.25) is 10.8 Å². The molecule has 0 radical (unpaired) electrons. The van der Waals surface area contributed by atoms with Crippen LogP contribution in [0, 0.1) is 16.7 Å². The van der Waals surface area contributed by atoms with Gasteiger partial charge in [0.15, 0.2) is 5.84 Å². The van der Waals surface area contributed by atoms with E-state index >= 15 is 0 Å². The maximum atomic E-state index is 12.3. The van der Waals surface area contributed by atoms with Crippen LogP contribution in [0.1, 0.15) is 5.56 Å². The van der Waals surface area contributed by atoms with Gasteiger partial charge in [0.1, 0.15) is 6.07 Å². The summed E-state index contributed by atoms with van der Waals surface area (Å²) in [6.07, 6.45) is 0.594. The number of hydrogen-bond acceptors (Lipinski definition) is 6. The Morgan fingerprint density at radius 3 is 2.38 bits per heavy atom. The number of anilines is 1. The van der Waals surface area contributed by atoms with Crippen LogP contribution in [0.4, 0.5) is 5.69 Å². The molecule has 0 aromatic heterocycles. The van der Waals surface area contributed by atoms with Gasteiger partial charge < -0.3 is 5.73 Å². The third kappa shape index (κ3) is 5.41. The van der Waals surface area contributed by atoms with Gasteiger partial charge in [-0.1, -0.05) is 30.3 Å². The number of benzene rings is 2. The zero-order valence-corrected chi connectivity index (χ0v) is 14.6. The van der Waals surface area contributed by atoms with Gasteiger partial charge in [0, 0.05) is 6.54 Å². The molecule has 0 saturated heterocycles. The summed E-state index contributed by atoms with van der Waals surface area (Å²) in [5.41, 5.74) is 8.98. The van der Waals surface area contributed by atoms with Crippen molar-refractivity contribution < 1.29 is 8.42 Å². The Kier molecular flexibility index (Phi) is 6.43. The summed E-state index contributed by atoms with van der Waals surface area (Å²) >= 11 is 0. The zero-order chi connectivity index (χ0) is 19.0. The normalized spacial score (nSPS) is 11.6. The molecule has 0 fully saturated rings. The van der Waals surface area contributed by atoms with Crippen molar-refractivity contribution in [2.24, 2.45) is 10.8 Å². The largest absolute Gasteiger partial charge is 0.382 e. The lowest BCUT2D eigenvalue weighted by Gasteiger charge is -2.08. The number of nitrogens with zero attached hydrogens (tertiary/aromatic N) is 2. The van der Waals surface area contributed by atoms with E-state index < -0.39 is 15.9 Å². The number of rotatable bonds is 8. The van der Waals surface area contributed by atoms with Gasteiger partial charge in [0.2, 0.25) is 15.7 Å². The molecule has 2 rings (SSSR count). The van der Waals surface area contributed by atoms with E-state index in [2.05, 4.69) is 15.2 Å². The highest BCUT2D eigenvalue weighted by molar-refractivity contribution is 7.89. The molecule has 0 spiro atoms. The van der Waals surface area contributed by atoms with Crippen molar-refractivity contribution in [2.75, 3.05) is 12.0 Å². The first-order valence-corrected chi connectivity index (χ1v) is 9.12. The predicted octanol–water partition coefficient (Wildman–Crippen LogP) is 1.44. The molecule has 9 heteroatoms. The summed E-state index contributed by atoms with van der Waals surface area (Å²) in [6.45, 7) is 0.292. The third-order valence-corrected chi connectivity index (χ3v) is 4.85. The number of nitrogens with two attached hydrogens (primary N) is 1. The average Bonchev–Trinajstić information content (AvgIpc) is 2.63. The van der Waals surface area contributed by atoms with Crippen molar-refractivity contribution in [3.8, 4) is 6.07 Å². The molecule has 0 saturated carbocycles. The fourth-order valence-electron chi connectivity index (χ4n) is 2.03. The molecule has 0 bridgehead atoms. The standard InChI is InChI=1S/C17H18N6O2S/c18-12-16(17(19)20)23-22-14-6-8-15(9-7-14)26(24,25)21-11-10-13-4-2-1-3-5-13/h1-9,21-22H,10-11H2,(H3,19,20)/b23-16+. The number of nitrogens with one attached hydrogen (secondary N) is 3. The fraction of sp³-hybridized carbons (Fsp3) is 0.118. The molecule has 0 aliphatic heterocycles. The molecular formula is C17H18N6O2S. The van der Waals surface area contributed by atoms with Gasteiger partial charge in [0.05, 0.1) is 10.6 Å². The van der Waals surface area contributed by atoms with Gasteiger partial charge in [-0.25, -0.2) is 13.1 Å². The van der Waals surface area contributed by atoms with Crippen molar-refractivity contribution in [3.63, 3.8) is 0 Å². The lowest BCUT2D eigenvalue weighted by atomic mass is 10.2. The lowest BCUT2D eigenvalue weighted by molar-refractivity contribution is 0.581. The first-order chi connectivity index (χ1) is 12.4. The van der Waals surface area contributed by atoms with Gasteiger partial charge in [0.25, 0.3) is 0 Å². The quantitative estimate of drug-likeness (QED) is 0.316. The maximum absolute atomic E-state index is 12.3. The van der Waals surface area contributed by atoms with Crippen LogP contribution in [-0.2, 0) is 16.4 Å². The van der Waals surface area contributed by atoms with E-state index in [4.69, 9.17) is 16.4 Å². The third-order valence-electron chi connectivity index (χ3n) is 3.37. The van der Waals surface area contributed by atoms with Crippen molar-refractivity contribution in [3.05, 3.63) is 60.2 Å². The van der Waals surface area contributed by atoms with E-state index in [0.717, 1.165) is 5.56 Å². The van der Waals surface area contributed by atoms with Crippen molar-refractivity contribution in [2.45, 2.75) is 11.3 Å². The molecule has 0 amide bonds. The second kappa shape index (κ2) is 8.75. The Balaban J connectivity index is 1.98. The zero-order valence-electron chi connectivity index (χ0n) is 13.8. The highest BCUT2D eigenvalue weighted by Crippen LogP contribution is 2.14. The summed E-state index contributed by atoms with van der Waals surface area (Å²) < 4.78 is 27.1. The molecule has 0 aliphatic carbocycles. The molecule has 0 atom stereocenters. The average molecular weight is 370 g/mol. The first kappa shape index (κ1) is 19.1. The van der Waals surface area contributed by atoms with Gasteiger partial charge in [-0.15, -0.1) is 0 Å². The summed E-state index contributed by atoms with van der Waals surface area (Å²) in [4.78, 5) is 0.118. The monoisotopic (exact) mass is 370 g/mol.